The molecule has 162 valence electrons. The van der Waals surface area contributed by atoms with Crippen molar-refractivity contribution in [2.75, 3.05) is 16.8 Å². The van der Waals surface area contributed by atoms with Gasteiger partial charge in [0.1, 0.15) is 30.3 Å². The van der Waals surface area contributed by atoms with Gasteiger partial charge in [-0.3, -0.25) is 4.90 Å². The fraction of sp³-hybridized carbons (Fsp3) is 0.350. The Morgan fingerprint density at radius 2 is 2.10 bits per heavy atom. The van der Waals surface area contributed by atoms with Gasteiger partial charge in [0.25, 0.3) is 0 Å². The molecule has 2 N–H and O–H groups in total. The number of aromatic nitrogens is 4. The summed E-state index contributed by atoms with van der Waals surface area (Å²) >= 11 is 0. The Hall–Kier alpha value is -3.60. The van der Waals surface area contributed by atoms with Gasteiger partial charge in [0.15, 0.2) is 0 Å². The minimum Gasteiger partial charge on any atom is -0.447 e. The van der Waals surface area contributed by atoms with E-state index in [1.165, 1.54) is 17.2 Å². The molecule has 1 amide bonds. The Labute approximate surface area is 177 Å². The first-order valence-electron chi connectivity index (χ1n) is 9.67. The number of nitrogens with one attached hydrogen (secondary N) is 1. The van der Waals surface area contributed by atoms with Crippen LogP contribution in [0.1, 0.15) is 31.3 Å². The van der Waals surface area contributed by atoms with Crippen molar-refractivity contribution in [2.45, 2.75) is 39.0 Å². The van der Waals surface area contributed by atoms with Crippen LogP contribution >= 0.6 is 0 Å². The molecule has 1 saturated heterocycles. The average Bonchev–Trinajstić information content (AvgIpc) is 3.37. The fourth-order valence-electron chi connectivity index (χ4n) is 3.17. The van der Waals surface area contributed by atoms with Gasteiger partial charge >= 0.3 is 6.09 Å². The predicted molar refractivity (Wildman–Crippen MR) is 108 cm³/mol. The molecule has 1 aromatic carbocycles. The van der Waals surface area contributed by atoms with E-state index >= 15 is 0 Å². The summed E-state index contributed by atoms with van der Waals surface area (Å²) in [5, 5.41) is 16.9. The molecule has 0 bridgehead atoms. The van der Waals surface area contributed by atoms with Crippen molar-refractivity contribution in [3.63, 3.8) is 0 Å². The first kappa shape index (κ1) is 20.7. The molecule has 3 heterocycles. The van der Waals surface area contributed by atoms with E-state index in [1.807, 2.05) is 0 Å². The van der Waals surface area contributed by atoms with Crippen molar-refractivity contribution in [3.05, 3.63) is 47.7 Å². The van der Waals surface area contributed by atoms with Crippen LogP contribution in [0.4, 0.5) is 21.0 Å². The van der Waals surface area contributed by atoms with Gasteiger partial charge in [-0.2, -0.15) is 9.97 Å². The second-order valence-electron chi connectivity index (χ2n) is 7.28. The highest BCUT2D eigenvalue weighted by Crippen LogP contribution is 2.25. The van der Waals surface area contributed by atoms with Crippen molar-refractivity contribution in [1.82, 2.24) is 20.1 Å². The highest BCUT2D eigenvalue weighted by molar-refractivity contribution is 5.89. The van der Waals surface area contributed by atoms with Crippen LogP contribution in [0.2, 0.25) is 0 Å². The molecular weight excluding hydrogens is 407 g/mol. The van der Waals surface area contributed by atoms with Gasteiger partial charge in [-0.1, -0.05) is 5.16 Å². The third kappa shape index (κ3) is 4.17. The maximum absolute atomic E-state index is 13.5. The molecule has 0 radical (unpaired) electrons. The number of hydrogen-bond acceptors (Lipinski definition) is 9. The number of aryl methyl sites for hydroxylation is 1. The van der Waals surface area contributed by atoms with Crippen LogP contribution in [0.3, 0.4) is 0 Å². The Morgan fingerprint density at radius 1 is 1.29 bits per heavy atom. The standard InChI is InChI=1S/C20H21FN6O4/c1-10-8-13(4-5-14(10)21)17-25-18(31-26-17)11(2)23-19-22-7-6-16(24-19)27-15(12(3)28)9-30-20(27)29/h4-8,11-12,15,28H,9H2,1-3H3,(H,22,23,24)/t11-,12+,15?/m0/s1. The molecule has 0 aliphatic carbocycles. The van der Waals surface area contributed by atoms with Crippen LogP contribution in [0.15, 0.2) is 35.0 Å². The van der Waals surface area contributed by atoms with E-state index in [0.29, 0.717) is 22.8 Å². The molecule has 10 nitrogen and oxygen atoms in total. The summed E-state index contributed by atoms with van der Waals surface area (Å²) in [5.41, 5.74) is 1.12. The number of rotatable bonds is 6. The molecule has 11 heteroatoms. The lowest BCUT2D eigenvalue weighted by Gasteiger charge is -2.22. The average molecular weight is 428 g/mol. The van der Waals surface area contributed by atoms with Crippen molar-refractivity contribution in [1.29, 1.82) is 0 Å². The number of aliphatic hydroxyl groups excluding tert-OH is 1. The van der Waals surface area contributed by atoms with E-state index < -0.39 is 24.3 Å². The summed E-state index contributed by atoms with van der Waals surface area (Å²) in [7, 11) is 0. The van der Waals surface area contributed by atoms with Crippen molar-refractivity contribution in [3.8, 4) is 11.4 Å². The first-order chi connectivity index (χ1) is 14.8. The lowest BCUT2D eigenvalue weighted by molar-refractivity contribution is 0.142. The summed E-state index contributed by atoms with van der Waals surface area (Å²) in [6.45, 7) is 5.10. The largest absolute Gasteiger partial charge is 0.447 e. The minimum absolute atomic E-state index is 0.0767. The van der Waals surface area contributed by atoms with E-state index in [0.717, 1.165) is 0 Å². The molecule has 1 unspecified atom stereocenters. The highest BCUT2D eigenvalue weighted by Gasteiger charge is 2.38. The third-order valence-corrected chi connectivity index (χ3v) is 4.92. The summed E-state index contributed by atoms with van der Waals surface area (Å²) in [6, 6.07) is 5.14. The molecule has 4 rings (SSSR count). The van der Waals surface area contributed by atoms with Crippen LogP contribution in [0.5, 0.6) is 0 Å². The number of benzene rings is 1. The molecule has 0 spiro atoms. The van der Waals surface area contributed by atoms with Crippen molar-refractivity contribution >= 4 is 17.9 Å². The Morgan fingerprint density at radius 3 is 2.84 bits per heavy atom. The van der Waals surface area contributed by atoms with Crippen molar-refractivity contribution in [2.24, 2.45) is 0 Å². The number of nitrogens with zero attached hydrogens (tertiary/aromatic N) is 5. The quantitative estimate of drug-likeness (QED) is 0.609. The van der Waals surface area contributed by atoms with Crippen LogP contribution in [0, 0.1) is 12.7 Å². The van der Waals surface area contributed by atoms with E-state index in [9.17, 15) is 14.3 Å². The minimum atomic E-state index is -0.788. The van der Waals surface area contributed by atoms with Gasteiger partial charge in [0.2, 0.25) is 17.7 Å². The molecule has 0 saturated carbocycles. The van der Waals surface area contributed by atoms with E-state index in [-0.39, 0.29) is 24.3 Å². The van der Waals surface area contributed by atoms with Crippen molar-refractivity contribution < 1.29 is 23.6 Å². The van der Waals surface area contributed by atoms with E-state index in [2.05, 4.69) is 25.4 Å². The van der Waals surface area contributed by atoms with Gasteiger partial charge in [-0.05, 0) is 50.6 Å². The molecule has 1 aliphatic rings. The molecule has 1 fully saturated rings. The monoisotopic (exact) mass is 428 g/mol. The smallest absolute Gasteiger partial charge is 0.416 e. The second-order valence-corrected chi connectivity index (χ2v) is 7.28. The van der Waals surface area contributed by atoms with E-state index in [4.69, 9.17) is 9.26 Å². The van der Waals surface area contributed by atoms with Gasteiger partial charge in [-0.15, -0.1) is 0 Å². The van der Waals surface area contributed by atoms with Crippen LogP contribution in [-0.2, 0) is 4.74 Å². The lowest BCUT2D eigenvalue weighted by atomic mass is 10.1. The number of amides is 1. The summed E-state index contributed by atoms with van der Waals surface area (Å²) in [6.07, 6.45) is 0.117. The number of hydrogen-bond donors (Lipinski definition) is 2. The summed E-state index contributed by atoms with van der Waals surface area (Å²) in [4.78, 5) is 26.2. The van der Waals surface area contributed by atoms with Crippen LogP contribution in [0.25, 0.3) is 11.4 Å². The number of anilines is 2. The maximum atomic E-state index is 13.5. The predicted octanol–water partition coefficient (Wildman–Crippen LogP) is 2.85. The maximum Gasteiger partial charge on any atom is 0.416 e. The normalized spacial score (nSPS) is 18.0. The topological polar surface area (TPSA) is 127 Å². The number of aliphatic hydroxyl groups is 1. The molecule has 3 atom stereocenters. The van der Waals surface area contributed by atoms with Crippen LogP contribution in [-0.4, -0.2) is 50.1 Å². The zero-order valence-corrected chi connectivity index (χ0v) is 17.1. The number of cyclic esters (lactones) is 1. The lowest BCUT2D eigenvalue weighted by Crippen LogP contribution is -2.41. The molecule has 2 aromatic heterocycles. The SMILES string of the molecule is Cc1cc(-c2noc([C@H](C)Nc3nccc(N4C(=O)OCC4[C@@H](C)O)n3)n2)ccc1F. The zero-order chi connectivity index (χ0) is 22.1. The first-order valence-corrected chi connectivity index (χ1v) is 9.67. The second kappa shape index (κ2) is 8.26. The number of carbonyl (C=O) groups excluding carboxylic acids is 1. The molecular formula is C20H21FN6O4. The fourth-order valence-corrected chi connectivity index (χ4v) is 3.17. The number of halogens is 1. The molecule has 3 aromatic rings. The van der Waals surface area contributed by atoms with Crippen LogP contribution < -0.4 is 10.2 Å². The Kier molecular flexibility index (Phi) is 5.51. The summed E-state index contributed by atoms with van der Waals surface area (Å²) in [5.74, 6) is 0.839. The third-order valence-electron chi connectivity index (χ3n) is 4.92. The molecule has 31 heavy (non-hydrogen) atoms. The number of ether oxygens (including phenoxy) is 1. The summed E-state index contributed by atoms with van der Waals surface area (Å²) < 4.78 is 23.9. The Balaban J connectivity index is 1.51. The zero-order valence-electron chi connectivity index (χ0n) is 17.1. The van der Waals surface area contributed by atoms with E-state index in [1.54, 1.807) is 39.0 Å². The van der Waals surface area contributed by atoms with Gasteiger partial charge in [0.05, 0.1) is 6.10 Å². The van der Waals surface area contributed by atoms with Gasteiger partial charge in [-0.25, -0.2) is 14.2 Å². The number of carbonyl (C=O) groups is 1. The van der Waals surface area contributed by atoms with Gasteiger partial charge in [0, 0.05) is 11.8 Å². The van der Waals surface area contributed by atoms with Gasteiger partial charge < -0.3 is 19.7 Å². The molecule has 1 aliphatic heterocycles. The highest BCUT2D eigenvalue weighted by atomic mass is 19.1. The Bertz CT molecular complexity index is 1100.